The SMILES string of the molecule is CC(=O)c1cc(CN2CCCC(CO)(CC=C(C)C)C2)cs1. The molecule has 1 aromatic rings. The second kappa shape index (κ2) is 7.53. The molecule has 1 aromatic heterocycles. The molecule has 0 aliphatic carbocycles. The van der Waals surface area contributed by atoms with Crippen LogP contribution < -0.4 is 0 Å². The summed E-state index contributed by atoms with van der Waals surface area (Å²) in [5.74, 6) is 0.142. The number of thiophene rings is 1. The largest absolute Gasteiger partial charge is 0.396 e. The van der Waals surface area contributed by atoms with Crippen molar-refractivity contribution in [1.82, 2.24) is 4.90 Å². The number of hydrogen-bond acceptors (Lipinski definition) is 4. The van der Waals surface area contributed by atoms with Gasteiger partial charge in [0, 0.05) is 18.5 Å². The van der Waals surface area contributed by atoms with Gasteiger partial charge in [0.1, 0.15) is 0 Å². The third kappa shape index (κ3) is 4.51. The highest BCUT2D eigenvalue weighted by Gasteiger charge is 2.34. The molecule has 122 valence electrons. The Morgan fingerprint density at radius 1 is 1.45 bits per heavy atom. The zero-order chi connectivity index (χ0) is 16.2. The van der Waals surface area contributed by atoms with E-state index in [4.69, 9.17) is 0 Å². The maximum atomic E-state index is 11.4. The summed E-state index contributed by atoms with van der Waals surface area (Å²) in [5.41, 5.74) is 2.52. The molecule has 0 bridgehead atoms. The number of piperidine rings is 1. The lowest BCUT2D eigenvalue weighted by molar-refractivity contribution is 0.0308. The van der Waals surface area contributed by atoms with E-state index in [-0.39, 0.29) is 17.8 Å². The minimum Gasteiger partial charge on any atom is -0.396 e. The molecule has 4 heteroatoms. The summed E-state index contributed by atoms with van der Waals surface area (Å²) in [4.78, 5) is 14.7. The second-order valence-electron chi connectivity index (χ2n) is 6.83. The Hall–Kier alpha value is -0.970. The summed E-state index contributed by atoms with van der Waals surface area (Å²) >= 11 is 1.53. The minimum atomic E-state index is -0.00501. The van der Waals surface area contributed by atoms with E-state index in [9.17, 15) is 9.90 Å². The maximum Gasteiger partial charge on any atom is 0.169 e. The van der Waals surface area contributed by atoms with Gasteiger partial charge in [0.25, 0.3) is 0 Å². The number of hydrogen-bond donors (Lipinski definition) is 1. The lowest BCUT2D eigenvalue weighted by Crippen LogP contribution is -2.44. The lowest BCUT2D eigenvalue weighted by Gasteiger charge is -2.41. The first-order valence-corrected chi connectivity index (χ1v) is 8.87. The van der Waals surface area contributed by atoms with Gasteiger partial charge in [-0.15, -0.1) is 11.3 Å². The minimum absolute atomic E-state index is 0.00501. The number of nitrogens with zero attached hydrogens (tertiary/aromatic N) is 1. The quantitative estimate of drug-likeness (QED) is 0.638. The van der Waals surface area contributed by atoms with Crippen LogP contribution in [0.4, 0.5) is 0 Å². The number of allylic oxidation sites excluding steroid dienone is 2. The van der Waals surface area contributed by atoms with Crippen molar-refractivity contribution in [2.45, 2.75) is 46.6 Å². The highest BCUT2D eigenvalue weighted by molar-refractivity contribution is 7.12. The third-order valence-electron chi connectivity index (χ3n) is 4.43. The van der Waals surface area contributed by atoms with Gasteiger partial charge in [-0.25, -0.2) is 0 Å². The molecule has 1 fully saturated rings. The van der Waals surface area contributed by atoms with Gasteiger partial charge in [-0.2, -0.15) is 0 Å². The molecule has 0 saturated carbocycles. The van der Waals surface area contributed by atoms with Crippen LogP contribution in [-0.4, -0.2) is 35.5 Å². The predicted molar refractivity (Wildman–Crippen MR) is 92.4 cm³/mol. The molecule has 1 aliphatic heterocycles. The predicted octanol–water partition coefficient (Wildman–Crippen LogP) is 3.88. The fraction of sp³-hybridized carbons (Fsp3) is 0.611. The molecule has 2 heterocycles. The van der Waals surface area contributed by atoms with Gasteiger partial charge in [-0.3, -0.25) is 9.69 Å². The molecule has 2 rings (SSSR count). The monoisotopic (exact) mass is 321 g/mol. The number of rotatable bonds is 6. The Morgan fingerprint density at radius 3 is 2.82 bits per heavy atom. The van der Waals surface area contributed by atoms with Crippen LogP contribution in [-0.2, 0) is 6.54 Å². The van der Waals surface area contributed by atoms with Gasteiger partial charge in [0.15, 0.2) is 5.78 Å². The summed E-state index contributed by atoms with van der Waals surface area (Å²) in [6, 6.07) is 2.01. The smallest absolute Gasteiger partial charge is 0.169 e. The normalized spacial score (nSPS) is 22.5. The number of aliphatic hydroxyl groups is 1. The molecule has 1 saturated heterocycles. The van der Waals surface area contributed by atoms with E-state index in [0.717, 1.165) is 43.8 Å². The first-order chi connectivity index (χ1) is 10.4. The third-order valence-corrected chi connectivity index (χ3v) is 5.51. The van der Waals surface area contributed by atoms with E-state index in [1.165, 1.54) is 22.5 Å². The highest BCUT2D eigenvalue weighted by Crippen LogP contribution is 2.34. The van der Waals surface area contributed by atoms with Crippen molar-refractivity contribution in [1.29, 1.82) is 0 Å². The van der Waals surface area contributed by atoms with Crippen molar-refractivity contribution in [2.75, 3.05) is 19.7 Å². The van der Waals surface area contributed by atoms with Crippen LogP contribution >= 0.6 is 11.3 Å². The highest BCUT2D eigenvalue weighted by atomic mass is 32.1. The van der Waals surface area contributed by atoms with Gasteiger partial charge >= 0.3 is 0 Å². The number of carbonyl (C=O) groups is 1. The number of carbonyl (C=O) groups excluding carboxylic acids is 1. The Morgan fingerprint density at radius 2 is 2.23 bits per heavy atom. The van der Waals surface area contributed by atoms with Crippen LogP contribution in [0, 0.1) is 5.41 Å². The lowest BCUT2D eigenvalue weighted by atomic mass is 9.77. The average Bonchev–Trinajstić information content (AvgIpc) is 2.94. The van der Waals surface area contributed by atoms with E-state index in [1.807, 2.05) is 6.07 Å². The molecule has 0 aromatic carbocycles. The number of aliphatic hydroxyl groups excluding tert-OH is 1. The zero-order valence-electron chi connectivity index (χ0n) is 13.9. The fourth-order valence-electron chi connectivity index (χ4n) is 3.13. The van der Waals surface area contributed by atoms with Crippen LogP contribution in [0.15, 0.2) is 23.1 Å². The van der Waals surface area contributed by atoms with Crippen molar-refractivity contribution < 1.29 is 9.90 Å². The Labute approximate surface area is 137 Å². The summed E-state index contributed by atoms with van der Waals surface area (Å²) in [6.45, 7) is 8.96. The Kier molecular flexibility index (Phi) is 5.95. The Balaban J connectivity index is 2.02. The van der Waals surface area contributed by atoms with E-state index >= 15 is 0 Å². The molecule has 3 nitrogen and oxygen atoms in total. The molecule has 1 N–H and O–H groups in total. The zero-order valence-corrected chi connectivity index (χ0v) is 14.7. The standard InChI is InChI=1S/C18H27NO2S/c1-14(2)5-7-18(13-20)6-4-8-19(12-18)10-16-9-17(15(3)21)22-11-16/h5,9,11,20H,4,6-8,10,12-13H2,1-3H3. The van der Waals surface area contributed by atoms with E-state index in [1.54, 1.807) is 6.92 Å². The van der Waals surface area contributed by atoms with Crippen LogP contribution in [0.25, 0.3) is 0 Å². The molecular formula is C18H27NO2S. The van der Waals surface area contributed by atoms with E-state index < -0.39 is 0 Å². The van der Waals surface area contributed by atoms with Crippen molar-refractivity contribution in [3.05, 3.63) is 33.5 Å². The van der Waals surface area contributed by atoms with Crippen LogP contribution in [0.5, 0.6) is 0 Å². The molecule has 0 amide bonds. The maximum absolute atomic E-state index is 11.4. The molecule has 1 unspecified atom stereocenters. The first kappa shape index (κ1) is 17.4. The van der Waals surface area contributed by atoms with Crippen molar-refractivity contribution in [3.8, 4) is 0 Å². The topological polar surface area (TPSA) is 40.5 Å². The van der Waals surface area contributed by atoms with Crippen LogP contribution in [0.1, 0.15) is 55.3 Å². The number of ketones is 1. The van der Waals surface area contributed by atoms with E-state index in [0.29, 0.717) is 0 Å². The van der Waals surface area contributed by atoms with Crippen molar-refractivity contribution >= 4 is 17.1 Å². The second-order valence-corrected chi connectivity index (χ2v) is 7.74. The van der Waals surface area contributed by atoms with Gasteiger partial charge in [-0.1, -0.05) is 11.6 Å². The van der Waals surface area contributed by atoms with Gasteiger partial charge in [-0.05, 0) is 63.6 Å². The van der Waals surface area contributed by atoms with E-state index in [2.05, 4.69) is 30.2 Å². The molecule has 22 heavy (non-hydrogen) atoms. The molecule has 1 aliphatic rings. The van der Waals surface area contributed by atoms with Gasteiger partial charge < -0.3 is 5.11 Å². The molecule has 1 atom stereocenters. The van der Waals surface area contributed by atoms with Crippen LogP contribution in [0.3, 0.4) is 0 Å². The molecule has 0 radical (unpaired) electrons. The number of likely N-dealkylation sites (tertiary alicyclic amines) is 1. The fourth-order valence-corrected chi connectivity index (χ4v) is 3.93. The van der Waals surface area contributed by atoms with Crippen molar-refractivity contribution in [2.24, 2.45) is 5.41 Å². The van der Waals surface area contributed by atoms with Crippen molar-refractivity contribution in [3.63, 3.8) is 0 Å². The summed E-state index contributed by atoms with van der Waals surface area (Å²) in [5, 5.41) is 12.0. The summed E-state index contributed by atoms with van der Waals surface area (Å²) < 4.78 is 0. The Bertz CT molecular complexity index is 545. The summed E-state index contributed by atoms with van der Waals surface area (Å²) in [7, 11) is 0. The number of Topliss-reactive ketones (excluding diaryl/α,β-unsaturated/α-hetero) is 1. The summed E-state index contributed by atoms with van der Waals surface area (Å²) in [6.07, 6.45) is 5.41. The first-order valence-electron chi connectivity index (χ1n) is 7.99. The average molecular weight is 321 g/mol. The molecular weight excluding hydrogens is 294 g/mol. The van der Waals surface area contributed by atoms with Crippen LogP contribution in [0.2, 0.25) is 0 Å². The molecule has 0 spiro atoms. The van der Waals surface area contributed by atoms with Gasteiger partial charge in [0.05, 0.1) is 11.5 Å². The van der Waals surface area contributed by atoms with Gasteiger partial charge in [0.2, 0.25) is 0 Å².